The van der Waals surface area contributed by atoms with Gasteiger partial charge in [0.05, 0.1) is 6.10 Å². The predicted molar refractivity (Wildman–Crippen MR) is 117 cm³/mol. The number of rotatable bonds is 3. The van der Waals surface area contributed by atoms with Gasteiger partial charge in [0.1, 0.15) is 0 Å². The fraction of sp³-hybridized carbons (Fsp3) is 0.852. The van der Waals surface area contributed by atoms with Crippen LogP contribution in [0.3, 0.4) is 0 Å². The molecule has 0 radical (unpaired) electrons. The number of allylic oxidation sites excluding steroid dienone is 3. The van der Waals surface area contributed by atoms with E-state index in [1.165, 1.54) is 89.0 Å². The molecule has 1 N–H and O–H groups in total. The summed E-state index contributed by atoms with van der Waals surface area (Å²) in [5, 5.41) is 11.0. The first-order valence-corrected chi connectivity index (χ1v) is 12.7. The first-order chi connectivity index (χ1) is 13.7. The first kappa shape index (κ1) is 19.4. The number of aliphatic hydroxyl groups excluding tert-OH is 1. The highest BCUT2D eigenvalue weighted by molar-refractivity contribution is 5.26. The van der Waals surface area contributed by atoms with Gasteiger partial charge in [-0.2, -0.15) is 0 Å². The van der Waals surface area contributed by atoms with E-state index in [2.05, 4.69) is 19.1 Å². The van der Waals surface area contributed by atoms with E-state index in [9.17, 15) is 5.11 Å². The van der Waals surface area contributed by atoms with Gasteiger partial charge in [0, 0.05) is 0 Å². The molecule has 5 saturated carbocycles. The van der Waals surface area contributed by atoms with E-state index in [1.807, 2.05) is 0 Å². The molecule has 7 unspecified atom stereocenters. The van der Waals surface area contributed by atoms with Gasteiger partial charge in [0.2, 0.25) is 0 Å². The van der Waals surface area contributed by atoms with Gasteiger partial charge in [-0.3, -0.25) is 0 Å². The predicted octanol–water partition coefficient (Wildman–Crippen LogP) is 7.21. The number of hydrogen-bond donors (Lipinski definition) is 1. The average molecular weight is 383 g/mol. The maximum Gasteiger partial charge on any atom is 0.0758 e. The molecule has 0 aromatic rings. The van der Waals surface area contributed by atoms with Crippen molar-refractivity contribution < 1.29 is 5.11 Å². The Morgan fingerprint density at radius 2 is 1.64 bits per heavy atom. The fourth-order valence-corrected chi connectivity index (χ4v) is 8.70. The molecule has 0 bridgehead atoms. The minimum Gasteiger partial charge on any atom is -0.389 e. The smallest absolute Gasteiger partial charge is 0.0758 e. The largest absolute Gasteiger partial charge is 0.389 e. The highest BCUT2D eigenvalue weighted by Crippen LogP contribution is 2.64. The van der Waals surface area contributed by atoms with E-state index in [-0.39, 0.29) is 6.10 Å². The Morgan fingerprint density at radius 3 is 2.50 bits per heavy atom. The van der Waals surface area contributed by atoms with Gasteiger partial charge in [-0.25, -0.2) is 0 Å². The third kappa shape index (κ3) is 3.34. The van der Waals surface area contributed by atoms with Crippen LogP contribution >= 0.6 is 0 Å². The molecule has 0 spiro atoms. The molecule has 5 rings (SSSR count). The van der Waals surface area contributed by atoms with Crippen molar-refractivity contribution in [3.8, 4) is 0 Å². The van der Waals surface area contributed by atoms with Crippen LogP contribution in [0.15, 0.2) is 23.3 Å². The summed E-state index contributed by atoms with van der Waals surface area (Å²) >= 11 is 0. The lowest BCUT2D eigenvalue weighted by molar-refractivity contribution is -0.0646. The van der Waals surface area contributed by atoms with E-state index < -0.39 is 0 Å². The monoisotopic (exact) mass is 382 g/mol. The Kier molecular flexibility index (Phi) is 5.50. The molecule has 1 nitrogen and oxygen atoms in total. The van der Waals surface area contributed by atoms with Crippen molar-refractivity contribution in [1.82, 2.24) is 0 Å². The molecule has 5 fully saturated rings. The molecular formula is C27H42O. The molecule has 1 heteroatoms. The lowest BCUT2D eigenvalue weighted by Gasteiger charge is -2.56. The molecular weight excluding hydrogens is 340 g/mol. The topological polar surface area (TPSA) is 20.2 Å². The van der Waals surface area contributed by atoms with Crippen LogP contribution < -0.4 is 0 Å². The summed E-state index contributed by atoms with van der Waals surface area (Å²) in [6.07, 6.45) is 25.4. The van der Waals surface area contributed by atoms with Crippen molar-refractivity contribution in [2.45, 2.75) is 109 Å². The molecule has 0 heterocycles. The second-order valence-corrected chi connectivity index (χ2v) is 11.3. The first-order valence-electron chi connectivity index (χ1n) is 12.7. The summed E-state index contributed by atoms with van der Waals surface area (Å²) in [4.78, 5) is 0. The van der Waals surface area contributed by atoms with Crippen LogP contribution in [0.1, 0.15) is 103 Å². The summed E-state index contributed by atoms with van der Waals surface area (Å²) in [6.45, 7) is 2.57. The molecule has 0 aliphatic heterocycles. The average Bonchev–Trinajstić information content (AvgIpc) is 3.30. The van der Waals surface area contributed by atoms with Crippen molar-refractivity contribution in [1.29, 1.82) is 0 Å². The Balaban J connectivity index is 1.29. The lowest BCUT2D eigenvalue weighted by Crippen LogP contribution is -2.48. The zero-order valence-corrected chi connectivity index (χ0v) is 18.2. The zero-order chi connectivity index (χ0) is 19.1. The van der Waals surface area contributed by atoms with Crippen molar-refractivity contribution >= 4 is 0 Å². The zero-order valence-electron chi connectivity index (χ0n) is 18.2. The minimum atomic E-state index is -0.156. The Hall–Kier alpha value is -0.560. The van der Waals surface area contributed by atoms with Gasteiger partial charge in [0.15, 0.2) is 0 Å². The van der Waals surface area contributed by atoms with Crippen LogP contribution in [0, 0.1) is 35.0 Å². The van der Waals surface area contributed by atoms with E-state index in [1.54, 1.807) is 5.57 Å². The lowest BCUT2D eigenvalue weighted by atomic mass is 9.49. The van der Waals surface area contributed by atoms with Crippen LogP contribution in [-0.4, -0.2) is 11.2 Å². The molecule has 28 heavy (non-hydrogen) atoms. The normalized spacial score (nSPS) is 46.9. The van der Waals surface area contributed by atoms with Crippen LogP contribution in [-0.2, 0) is 0 Å². The number of fused-ring (bicyclic) bond motifs is 5. The molecule has 5 aliphatic rings. The molecule has 0 amide bonds. The summed E-state index contributed by atoms with van der Waals surface area (Å²) in [5.74, 6) is 4.59. The van der Waals surface area contributed by atoms with Crippen LogP contribution in [0.5, 0.6) is 0 Å². The molecule has 0 aromatic carbocycles. The number of unbranched alkanes of at least 4 members (excludes halogenated alkanes) is 1. The second-order valence-electron chi connectivity index (χ2n) is 11.3. The van der Waals surface area contributed by atoms with Crippen molar-refractivity contribution in [3.05, 3.63) is 23.3 Å². The summed E-state index contributed by atoms with van der Waals surface area (Å²) < 4.78 is 0. The van der Waals surface area contributed by atoms with E-state index in [0.717, 1.165) is 36.5 Å². The maximum absolute atomic E-state index is 11.0. The molecule has 156 valence electrons. The molecule has 0 aromatic heterocycles. The van der Waals surface area contributed by atoms with E-state index in [4.69, 9.17) is 0 Å². The van der Waals surface area contributed by atoms with Gasteiger partial charge in [0.25, 0.3) is 0 Å². The number of hydrogen-bond acceptors (Lipinski definition) is 1. The van der Waals surface area contributed by atoms with Gasteiger partial charge < -0.3 is 5.11 Å². The van der Waals surface area contributed by atoms with Gasteiger partial charge in [-0.15, -0.1) is 0 Å². The van der Waals surface area contributed by atoms with E-state index >= 15 is 0 Å². The number of aliphatic hydroxyl groups is 1. The minimum absolute atomic E-state index is 0.156. The summed E-state index contributed by atoms with van der Waals surface area (Å²) in [5.41, 5.74) is 3.51. The summed E-state index contributed by atoms with van der Waals surface area (Å²) in [6, 6.07) is 0. The SMILES string of the molecule is CC12CC(O)C(=CCCC=C3CCCC3)C1CCC1C3CCCCC3CCC12. The molecule has 5 aliphatic carbocycles. The third-order valence-corrected chi connectivity index (χ3v) is 9.96. The van der Waals surface area contributed by atoms with Crippen LogP contribution in [0.25, 0.3) is 0 Å². The Bertz CT molecular complexity index is 622. The highest BCUT2D eigenvalue weighted by atomic mass is 16.3. The van der Waals surface area contributed by atoms with Crippen LogP contribution in [0.2, 0.25) is 0 Å². The van der Waals surface area contributed by atoms with Crippen molar-refractivity contribution in [2.75, 3.05) is 0 Å². The van der Waals surface area contributed by atoms with Gasteiger partial charge >= 0.3 is 0 Å². The second kappa shape index (κ2) is 7.93. The maximum atomic E-state index is 11.0. The van der Waals surface area contributed by atoms with Gasteiger partial charge in [-0.1, -0.05) is 43.9 Å². The third-order valence-electron chi connectivity index (χ3n) is 9.96. The van der Waals surface area contributed by atoms with Gasteiger partial charge in [-0.05, 0) is 118 Å². The Labute approximate surface area is 173 Å². The highest BCUT2D eigenvalue weighted by Gasteiger charge is 2.58. The van der Waals surface area contributed by atoms with Crippen LogP contribution in [0.4, 0.5) is 0 Å². The Morgan fingerprint density at radius 1 is 0.857 bits per heavy atom. The molecule has 0 saturated heterocycles. The van der Waals surface area contributed by atoms with Crippen molar-refractivity contribution in [2.24, 2.45) is 35.0 Å². The summed E-state index contributed by atoms with van der Waals surface area (Å²) in [7, 11) is 0. The molecule has 7 atom stereocenters. The quantitative estimate of drug-likeness (QED) is 0.404. The van der Waals surface area contributed by atoms with E-state index in [0.29, 0.717) is 11.3 Å². The standard InChI is InChI=1S/C27H42O/c1-27-18-26(28)23(13-6-4-10-19-8-2-3-9-19)25(27)17-15-22-21-12-7-5-11-20(21)14-16-24(22)27/h10,13,20-22,24-26,28H,2-9,11-12,14-18H2,1H3. The van der Waals surface area contributed by atoms with Crippen molar-refractivity contribution in [3.63, 3.8) is 0 Å². The fourth-order valence-electron chi connectivity index (χ4n) is 8.70.